The van der Waals surface area contributed by atoms with Crippen molar-refractivity contribution in [2.75, 3.05) is 39.1 Å². The highest BCUT2D eigenvalue weighted by molar-refractivity contribution is 5.95. The molecule has 0 bridgehead atoms. The second-order valence-electron chi connectivity index (χ2n) is 4.19. The summed E-state index contributed by atoms with van der Waals surface area (Å²) in [6, 6.07) is 7.75. The van der Waals surface area contributed by atoms with E-state index in [2.05, 4.69) is 23.9 Å². The molecule has 4 nitrogen and oxygen atoms in total. The Balaban J connectivity index is 2.71. The van der Waals surface area contributed by atoms with Crippen LogP contribution in [0, 0.1) is 5.41 Å². The topological polar surface area (TPSA) is 56.4 Å². The average molecular weight is 220 g/mol. The van der Waals surface area contributed by atoms with Gasteiger partial charge in [-0.25, -0.2) is 0 Å². The van der Waals surface area contributed by atoms with Gasteiger partial charge in [-0.3, -0.25) is 5.41 Å². The van der Waals surface area contributed by atoms with Crippen molar-refractivity contribution in [2.24, 2.45) is 5.73 Å². The number of amidine groups is 1. The molecule has 3 N–H and O–H groups in total. The van der Waals surface area contributed by atoms with Gasteiger partial charge in [0.2, 0.25) is 0 Å². The Labute approximate surface area is 97.2 Å². The standard InChI is InChI=1S/C12H20N4/c1-15(2)7-8-16(3)11-6-4-5-10(9-11)12(13)14/h4-6,9H,7-8H2,1-3H3,(H3,13,14). The summed E-state index contributed by atoms with van der Waals surface area (Å²) in [7, 11) is 6.16. The smallest absolute Gasteiger partial charge is 0.122 e. The fourth-order valence-electron chi connectivity index (χ4n) is 1.39. The molecule has 0 aliphatic carbocycles. The lowest BCUT2D eigenvalue weighted by Crippen LogP contribution is -2.28. The van der Waals surface area contributed by atoms with Crippen LogP contribution in [-0.2, 0) is 0 Å². The Morgan fingerprint density at radius 1 is 1.25 bits per heavy atom. The molecule has 0 aliphatic rings. The van der Waals surface area contributed by atoms with Gasteiger partial charge in [-0.05, 0) is 26.2 Å². The maximum atomic E-state index is 7.39. The lowest BCUT2D eigenvalue weighted by molar-refractivity contribution is 0.416. The zero-order valence-electron chi connectivity index (χ0n) is 10.2. The summed E-state index contributed by atoms with van der Waals surface area (Å²) >= 11 is 0. The summed E-state index contributed by atoms with van der Waals surface area (Å²) in [5, 5.41) is 7.39. The molecule has 88 valence electrons. The molecule has 0 aromatic heterocycles. The molecule has 0 fully saturated rings. The maximum Gasteiger partial charge on any atom is 0.122 e. The van der Waals surface area contributed by atoms with Gasteiger partial charge >= 0.3 is 0 Å². The van der Waals surface area contributed by atoms with Crippen LogP contribution in [0.4, 0.5) is 5.69 Å². The molecule has 0 amide bonds. The molecule has 0 saturated heterocycles. The summed E-state index contributed by atoms with van der Waals surface area (Å²) in [4.78, 5) is 4.30. The molecule has 16 heavy (non-hydrogen) atoms. The van der Waals surface area contributed by atoms with Gasteiger partial charge in [0.15, 0.2) is 0 Å². The number of hydrogen-bond acceptors (Lipinski definition) is 3. The van der Waals surface area contributed by atoms with Gasteiger partial charge in [-0.15, -0.1) is 0 Å². The zero-order valence-corrected chi connectivity index (χ0v) is 10.2. The van der Waals surface area contributed by atoms with Crippen LogP contribution in [0.5, 0.6) is 0 Å². The second kappa shape index (κ2) is 5.51. The fourth-order valence-corrected chi connectivity index (χ4v) is 1.39. The highest BCUT2D eigenvalue weighted by atomic mass is 15.1. The minimum Gasteiger partial charge on any atom is -0.384 e. The van der Waals surface area contributed by atoms with Gasteiger partial charge in [0.25, 0.3) is 0 Å². The predicted molar refractivity (Wildman–Crippen MR) is 69.3 cm³/mol. The summed E-state index contributed by atoms with van der Waals surface area (Å²) < 4.78 is 0. The third-order valence-electron chi connectivity index (χ3n) is 2.48. The molecule has 0 aliphatic heterocycles. The lowest BCUT2D eigenvalue weighted by atomic mass is 10.2. The van der Waals surface area contributed by atoms with Gasteiger partial charge < -0.3 is 15.5 Å². The first-order chi connectivity index (χ1) is 7.50. The highest BCUT2D eigenvalue weighted by Crippen LogP contribution is 2.14. The summed E-state index contributed by atoms with van der Waals surface area (Å²) in [5.41, 5.74) is 7.33. The van der Waals surface area contributed by atoms with E-state index in [1.165, 1.54) is 0 Å². The number of nitrogens with two attached hydrogens (primary N) is 1. The molecule has 1 aromatic rings. The van der Waals surface area contributed by atoms with Crippen LogP contribution in [0.3, 0.4) is 0 Å². The number of rotatable bonds is 5. The van der Waals surface area contributed by atoms with Gasteiger partial charge in [0.1, 0.15) is 5.84 Å². The molecule has 0 atom stereocenters. The van der Waals surface area contributed by atoms with Crippen molar-refractivity contribution >= 4 is 11.5 Å². The number of nitrogens with zero attached hydrogens (tertiary/aromatic N) is 2. The van der Waals surface area contributed by atoms with Crippen LogP contribution in [0.15, 0.2) is 24.3 Å². The fraction of sp³-hybridized carbons (Fsp3) is 0.417. The lowest BCUT2D eigenvalue weighted by Gasteiger charge is -2.22. The highest BCUT2D eigenvalue weighted by Gasteiger charge is 2.03. The van der Waals surface area contributed by atoms with Crippen LogP contribution >= 0.6 is 0 Å². The number of likely N-dealkylation sites (N-methyl/N-ethyl adjacent to an activating group) is 2. The van der Waals surface area contributed by atoms with E-state index >= 15 is 0 Å². The van der Waals surface area contributed by atoms with E-state index in [1.807, 2.05) is 31.3 Å². The van der Waals surface area contributed by atoms with Gasteiger partial charge in [-0.2, -0.15) is 0 Å². The summed E-state index contributed by atoms with van der Waals surface area (Å²) in [5.74, 6) is 0.114. The summed E-state index contributed by atoms with van der Waals surface area (Å²) in [6.45, 7) is 1.95. The largest absolute Gasteiger partial charge is 0.384 e. The first kappa shape index (κ1) is 12.5. The van der Waals surface area contributed by atoms with Crippen LogP contribution < -0.4 is 10.6 Å². The van der Waals surface area contributed by atoms with E-state index in [0.717, 1.165) is 24.3 Å². The van der Waals surface area contributed by atoms with Crippen molar-refractivity contribution in [1.29, 1.82) is 5.41 Å². The van der Waals surface area contributed by atoms with E-state index in [9.17, 15) is 0 Å². The first-order valence-electron chi connectivity index (χ1n) is 5.31. The average Bonchev–Trinajstić information content (AvgIpc) is 2.26. The number of nitrogen functional groups attached to an aromatic ring is 1. The van der Waals surface area contributed by atoms with Crippen LogP contribution in [0.1, 0.15) is 5.56 Å². The quantitative estimate of drug-likeness (QED) is 0.574. The molecule has 4 heteroatoms. The Morgan fingerprint density at radius 2 is 1.94 bits per heavy atom. The molecule has 1 aromatic carbocycles. The third kappa shape index (κ3) is 3.55. The summed E-state index contributed by atoms with van der Waals surface area (Å²) in [6.07, 6.45) is 0. The molecular weight excluding hydrogens is 200 g/mol. The van der Waals surface area contributed by atoms with Gasteiger partial charge in [0.05, 0.1) is 0 Å². The molecule has 0 unspecified atom stereocenters. The van der Waals surface area contributed by atoms with Crippen molar-refractivity contribution < 1.29 is 0 Å². The number of hydrogen-bond donors (Lipinski definition) is 2. The minimum absolute atomic E-state index is 0.114. The Kier molecular flexibility index (Phi) is 4.31. The molecule has 0 spiro atoms. The van der Waals surface area contributed by atoms with Crippen LogP contribution in [0.2, 0.25) is 0 Å². The molecule has 0 heterocycles. The van der Waals surface area contributed by atoms with Crippen LogP contribution in [-0.4, -0.2) is 45.0 Å². The maximum absolute atomic E-state index is 7.39. The SMILES string of the molecule is CN(C)CCN(C)c1cccc(C(=N)N)c1. The minimum atomic E-state index is 0.114. The Morgan fingerprint density at radius 3 is 2.50 bits per heavy atom. The van der Waals surface area contributed by atoms with E-state index in [4.69, 9.17) is 11.1 Å². The van der Waals surface area contributed by atoms with E-state index in [0.29, 0.717) is 0 Å². The molecule has 1 rings (SSSR count). The van der Waals surface area contributed by atoms with Crippen LogP contribution in [0.25, 0.3) is 0 Å². The van der Waals surface area contributed by atoms with Crippen molar-refractivity contribution in [3.8, 4) is 0 Å². The zero-order chi connectivity index (χ0) is 12.1. The predicted octanol–water partition coefficient (Wildman–Crippen LogP) is 0.968. The van der Waals surface area contributed by atoms with E-state index < -0.39 is 0 Å². The number of nitrogens with one attached hydrogen (secondary N) is 1. The molecular formula is C12H20N4. The van der Waals surface area contributed by atoms with Gasteiger partial charge in [-0.1, -0.05) is 12.1 Å². The first-order valence-corrected chi connectivity index (χ1v) is 5.31. The van der Waals surface area contributed by atoms with Crippen molar-refractivity contribution in [2.45, 2.75) is 0 Å². The van der Waals surface area contributed by atoms with Crippen molar-refractivity contribution in [3.63, 3.8) is 0 Å². The Hall–Kier alpha value is -1.55. The number of anilines is 1. The van der Waals surface area contributed by atoms with Crippen molar-refractivity contribution in [3.05, 3.63) is 29.8 Å². The second-order valence-corrected chi connectivity index (χ2v) is 4.19. The van der Waals surface area contributed by atoms with E-state index in [-0.39, 0.29) is 5.84 Å². The molecule has 0 saturated carbocycles. The Bertz CT molecular complexity index is 360. The third-order valence-corrected chi connectivity index (χ3v) is 2.48. The van der Waals surface area contributed by atoms with E-state index in [1.54, 1.807) is 0 Å². The normalized spacial score (nSPS) is 10.5. The molecule has 0 radical (unpaired) electrons. The number of benzene rings is 1. The monoisotopic (exact) mass is 220 g/mol. The van der Waals surface area contributed by atoms with Gasteiger partial charge in [0, 0.05) is 31.4 Å². The van der Waals surface area contributed by atoms with Crippen molar-refractivity contribution in [1.82, 2.24) is 4.90 Å².